The molecule has 6 rings (SSSR count). The van der Waals surface area contributed by atoms with Crippen molar-refractivity contribution in [2.45, 2.75) is 52.1 Å². The standard InChI is InChI=1S/C33H34N2O4/c1-19-15-27(19)32(37)35-14-13-26-25(23-9-6-10-24(20(23)2)33(38)39)12-11-22(30(26)18-35)17-34-31(36)29-16-28(29)21-7-4-3-5-8-21/h3-12,19,27-29H,13-18H2,1-2H3,(H,34,36)(H,38,39). The third kappa shape index (κ3) is 4.84. The fourth-order valence-corrected chi connectivity index (χ4v) is 6.27. The van der Waals surface area contributed by atoms with Crippen molar-refractivity contribution in [1.82, 2.24) is 10.2 Å². The summed E-state index contributed by atoms with van der Waals surface area (Å²) in [6, 6.07) is 19.7. The molecule has 2 N–H and O–H groups in total. The molecular formula is C33H34N2O4. The second-order valence-electron chi connectivity index (χ2n) is 11.4. The summed E-state index contributed by atoms with van der Waals surface area (Å²) in [5.74, 6) is 0.202. The van der Waals surface area contributed by atoms with Gasteiger partial charge in [-0.15, -0.1) is 0 Å². The molecular weight excluding hydrogens is 488 g/mol. The number of aromatic carboxylic acids is 1. The van der Waals surface area contributed by atoms with E-state index >= 15 is 0 Å². The van der Waals surface area contributed by atoms with Crippen LogP contribution in [0.3, 0.4) is 0 Å². The number of rotatable bonds is 7. The summed E-state index contributed by atoms with van der Waals surface area (Å²) < 4.78 is 0. The van der Waals surface area contributed by atoms with E-state index in [2.05, 4.69) is 30.4 Å². The Kier molecular flexibility index (Phi) is 6.49. The largest absolute Gasteiger partial charge is 0.478 e. The summed E-state index contributed by atoms with van der Waals surface area (Å²) in [4.78, 5) is 40.0. The first-order valence-corrected chi connectivity index (χ1v) is 13.9. The van der Waals surface area contributed by atoms with Gasteiger partial charge in [0.2, 0.25) is 11.8 Å². The molecule has 3 aromatic carbocycles. The van der Waals surface area contributed by atoms with Crippen molar-refractivity contribution >= 4 is 17.8 Å². The van der Waals surface area contributed by atoms with Crippen LogP contribution in [0.1, 0.15) is 63.9 Å². The van der Waals surface area contributed by atoms with E-state index in [1.54, 1.807) is 12.1 Å². The van der Waals surface area contributed by atoms with E-state index in [-0.39, 0.29) is 29.6 Å². The van der Waals surface area contributed by atoms with Crippen LogP contribution in [0.15, 0.2) is 60.7 Å². The smallest absolute Gasteiger partial charge is 0.335 e. The van der Waals surface area contributed by atoms with Crippen LogP contribution in [-0.4, -0.2) is 34.3 Å². The molecule has 3 aromatic rings. The van der Waals surface area contributed by atoms with Crippen LogP contribution >= 0.6 is 0 Å². The maximum Gasteiger partial charge on any atom is 0.335 e. The van der Waals surface area contributed by atoms with Gasteiger partial charge in [0.05, 0.1) is 5.56 Å². The molecule has 0 spiro atoms. The minimum Gasteiger partial charge on any atom is -0.478 e. The number of fused-ring (bicyclic) bond motifs is 1. The highest BCUT2D eigenvalue weighted by molar-refractivity contribution is 5.92. The molecule has 2 saturated carbocycles. The van der Waals surface area contributed by atoms with Crippen molar-refractivity contribution in [3.8, 4) is 11.1 Å². The highest BCUT2D eigenvalue weighted by Gasteiger charge is 2.44. The summed E-state index contributed by atoms with van der Waals surface area (Å²) in [5.41, 5.74) is 7.41. The minimum absolute atomic E-state index is 0.00154. The Hall–Kier alpha value is -3.93. The average Bonchev–Trinajstić information content (AvgIpc) is 3.88. The fourth-order valence-electron chi connectivity index (χ4n) is 6.27. The van der Waals surface area contributed by atoms with Crippen molar-refractivity contribution in [2.75, 3.05) is 6.54 Å². The number of hydrogen-bond acceptors (Lipinski definition) is 3. The number of carboxylic acids is 1. The van der Waals surface area contributed by atoms with Gasteiger partial charge in [0, 0.05) is 31.5 Å². The zero-order chi connectivity index (χ0) is 27.3. The monoisotopic (exact) mass is 522 g/mol. The molecule has 1 heterocycles. The van der Waals surface area contributed by atoms with E-state index in [4.69, 9.17) is 0 Å². The number of nitrogens with one attached hydrogen (secondary N) is 1. The highest BCUT2D eigenvalue weighted by Crippen LogP contribution is 2.47. The predicted octanol–water partition coefficient (Wildman–Crippen LogP) is 5.32. The molecule has 200 valence electrons. The lowest BCUT2D eigenvalue weighted by Crippen LogP contribution is -2.38. The SMILES string of the molecule is Cc1c(C(=O)O)cccc1-c1ccc(CNC(=O)C2CC2c2ccccc2)c2c1CCN(C(=O)C1CC1C)C2. The summed E-state index contributed by atoms with van der Waals surface area (Å²) in [5, 5.41) is 12.8. The van der Waals surface area contributed by atoms with Crippen LogP contribution in [0.2, 0.25) is 0 Å². The van der Waals surface area contributed by atoms with E-state index in [1.165, 1.54) is 5.56 Å². The predicted molar refractivity (Wildman–Crippen MR) is 149 cm³/mol. The Balaban J connectivity index is 1.28. The Morgan fingerprint density at radius 3 is 2.41 bits per heavy atom. The second kappa shape index (κ2) is 9.99. The van der Waals surface area contributed by atoms with E-state index in [0.29, 0.717) is 37.5 Å². The van der Waals surface area contributed by atoms with Gasteiger partial charge in [0.15, 0.2) is 0 Å². The molecule has 6 nitrogen and oxygen atoms in total. The molecule has 2 aliphatic carbocycles. The minimum atomic E-state index is -0.938. The molecule has 2 amide bonds. The van der Waals surface area contributed by atoms with Gasteiger partial charge in [-0.1, -0.05) is 61.5 Å². The Labute approximate surface area is 229 Å². The molecule has 3 aliphatic rings. The van der Waals surface area contributed by atoms with Crippen LogP contribution in [0.5, 0.6) is 0 Å². The summed E-state index contributed by atoms with van der Waals surface area (Å²) >= 11 is 0. The highest BCUT2D eigenvalue weighted by atomic mass is 16.4. The van der Waals surface area contributed by atoms with Gasteiger partial charge in [-0.25, -0.2) is 4.79 Å². The first-order chi connectivity index (χ1) is 18.8. The van der Waals surface area contributed by atoms with Gasteiger partial charge < -0.3 is 15.3 Å². The van der Waals surface area contributed by atoms with Gasteiger partial charge in [-0.2, -0.15) is 0 Å². The molecule has 6 heteroatoms. The maximum atomic E-state index is 13.1. The second-order valence-corrected chi connectivity index (χ2v) is 11.4. The molecule has 0 radical (unpaired) electrons. The molecule has 0 aromatic heterocycles. The zero-order valence-corrected chi connectivity index (χ0v) is 22.4. The Morgan fingerprint density at radius 1 is 0.923 bits per heavy atom. The van der Waals surface area contributed by atoms with Crippen molar-refractivity contribution < 1.29 is 19.5 Å². The number of carboxylic acid groups (broad SMARTS) is 1. The lowest BCUT2D eigenvalue weighted by molar-refractivity contribution is -0.133. The zero-order valence-electron chi connectivity index (χ0n) is 22.4. The molecule has 4 unspecified atom stereocenters. The molecule has 4 atom stereocenters. The van der Waals surface area contributed by atoms with Gasteiger partial charge in [-0.3, -0.25) is 9.59 Å². The molecule has 0 saturated heterocycles. The number of carbonyl (C=O) groups is 3. The van der Waals surface area contributed by atoms with Crippen molar-refractivity contribution in [1.29, 1.82) is 0 Å². The average molecular weight is 523 g/mol. The van der Waals surface area contributed by atoms with E-state index < -0.39 is 5.97 Å². The number of benzene rings is 3. The number of hydrogen-bond donors (Lipinski definition) is 2. The number of nitrogens with zero attached hydrogens (tertiary/aromatic N) is 1. The van der Waals surface area contributed by atoms with Crippen molar-refractivity contribution in [3.63, 3.8) is 0 Å². The summed E-state index contributed by atoms with van der Waals surface area (Å²) in [7, 11) is 0. The van der Waals surface area contributed by atoms with Crippen LogP contribution in [-0.2, 0) is 29.1 Å². The topological polar surface area (TPSA) is 86.7 Å². The van der Waals surface area contributed by atoms with E-state index in [0.717, 1.165) is 46.2 Å². The first-order valence-electron chi connectivity index (χ1n) is 13.9. The lowest BCUT2D eigenvalue weighted by atomic mass is 9.85. The molecule has 0 bridgehead atoms. The fraction of sp³-hybridized carbons (Fsp3) is 0.364. The van der Waals surface area contributed by atoms with Crippen molar-refractivity contribution in [2.24, 2.45) is 17.8 Å². The molecule has 2 fully saturated rings. The van der Waals surface area contributed by atoms with E-state index in [9.17, 15) is 19.5 Å². The third-order valence-electron chi connectivity index (χ3n) is 8.91. The quantitative estimate of drug-likeness (QED) is 0.440. The van der Waals surface area contributed by atoms with Crippen LogP contribution in [0.4, 0.5) is 0 Å². The van der Waals surface area contributed by atoms with Gasteiger partial charge in [0.25, 0.3) is 0 Å². The van der Waals surface area contributed by atoms with Crippen LogP contribution in [0.25, 0.3) is 11.1 Å². The molecule has 1 aliphatic heterocycles. The lowest BCUT2D eigenvalue weighted by Gasteiger charge is -2.32. The van der Waals surface area contributed by atoms with Crippen molar-refractivity contribution in [3.05, 3.63) is 94.0 Å². The Morgan fingerprint density at radius 2 is 1.69 bits per heavy atom. The number of amides is 2. The van der Waals surface area contributed by atoms with Crippen LogP contribution < -0.4 is 5.32 Å². The Bertz CT molecular complexity index is 1460. The van der Waals surface area contributed by atoms with Gasteiger partial charge in [-0.05, 0) is 83.0 Å². The first kappa shape index (κ1) is 25.4. The van der Waals surface area contributed by atoms with Gasteiger partial charge >= 0.3 is 5.97 Å². The normalized spacial score (nSPS) is 23.1. The van der Waals surface area contributed by atoms with Gasteiger partial charge in [0.1, 0.15) is 0 Å². The maximum absolute atomic E-state index is 13.1. The summed E-state index contributed by atoms with van der Waals surface area (Å²) in [6.45, 7) is 5.56. The third-order valence-corrected chi connectivity index (χ3v) is 8.91. The van der Waals surface area contributed by atoms with E-state index in [1.807, 2.05) is 42.2 Å². The van der Waals surface area contributed by atoms with Crippen LogP contribution in [0, 0.1) is 24.7 Å². The number of carbonyl (C=O) groups excluding carboxylic acids is 2. The molecule has 39 heavy (non-hydrogen) atoms. The summed E-state index contributed by atoms with van der Waals surface area (Å²) in [6.07, 6.45) is 2.53.